The van der Waals surface area contributed by atoms with E-state index < -0.39 is 0 Å². The normalized spacial score (nSPS) is 17.6. The zero-order valence-corrected chi connectivity index (χ0v) is 14.0. The third-order valence-corrected chi connectivity index (χ3v) is 4.16. The van der Waals surface area contributed by atoms with Crippen molar-refractivity contribution in [2.24, 2.45) is 0 Å². The summed E-state index contributed by atoms with van der Waals surface area (Å²) in [6.45, 7) is 9.03. The fourth-order valence-electron chi connectivity index (χ4n) is 2.85. The molecule has 0 saturated carbocycles. The Balaban J connectivity index is 1.75. The number of para-hydroxylation sites is 1. The summed E-state index contributed by atoms with van der Waals surface area (Å²) in [7, 11) is 1.75. The fourth-order valence-corrected chi connectivity index (χ4v) is 2.85. The van der Waals surface area contributed by atoms with Crippen molar-refractivity contribution in [2.75, 3.05) is 57.9 Å². The third-order valence-electron chi connectivity index (χ3n) is 4.16. The smallest absolute Gasteiger partial charge is 0.0934 e. The lowest BCUT2D eigenvalue weighted by Gasteiger charge is -2.37. The molecular formula is C18H30N2O2. The predicted molar refractivity (Wildman–Crippen MR) is 91.6 cm³/mol. The molecule has 124 valence electrons. The Labute approximate surface area is 135 Å². The molecule has 1 fully saturated rings. The van der Waals surface area contributed by atoms with E-state index in [1.165, 1.54) is 12.1 Å². The van der Waals surface area contributed by atoms with Crippen LogP contribution in [0.25, 0.3) is 0 Å². The quantitative estimate of drug-likeness (QED) is 0.655. The van der Waals surface area contributed by atoms with E-state index in [1.807, 2.05) is 0 Å². The van der Waals surface area contributed by atoms with Gasteiger partial charge < -0.3 is 14.4 Å². The van der Waals surface area contributed by atoms with Crippen LogP contribution >= 0.6 is 0 Å². The van der Waals surface area contributed by atoms with E-state index in [0.717, 1.165) is 45.8 Å². The molecule has 0 aromatic heterocycles. The van der Waals surface area contributed by atoms with Crippen molar-refractivity contribution >= 4 is 5.69 Å². The second-order valence-electron chi connectivity index (χ2n) is 5.92. The average molecular weight is 306 g/mol. The fraction of sp³-hybridized carbons (Fsp3) is 0.667. The van der Waals surface area contributed by atoms with Gasteiger partial charge in [0.1, 0.15) is 0 Å². The van der Waals surface area contributed by atoms with Crippen LogP contribution in [-0.2, 0) is 9.47 Å². The first kappa shape index (κ1) is 17.3. The first-order valence-corrected chi connectivity index (χ1v) is 8.46. The maximum absolute atomic E-state index is 5.96. The van der Waals surface area contributed by atoms with Gasteiger partial charge in [-0.3, -0.25) is 4.90 Å². The molecule has 4 heteroatoms. The van der Waals surface area contributed by atoms with Crippen LogP contribution in [0.5, 0.6) is 0 Å². The van der Waals surface area contributed by atoms with E-state index in [2.05, 4.69) is 47.1 Å². The van der Waals surface area contributed by atoms with Crippen LogP contribution in [0.15, 0.2) is 30.3 Å². The van der Waals surface area contributed by atoms with E-state index in [-0.39, 0.29) is 6.10 Å². The molecule has 0 N–H and O–H groups in total. The second kappa shape index (κ2) is 9.82. The van der Waals surface area contributed by atoms with E-state index in [9.17, 15) is 0 Å². The van der Waals surface area contributed by atoms with E-state index in [0.29, 0.717) is 6.61 Å². The largest absolute Gasteiger partial charge is 0.382 e. The van der Waals surface area contributed by atoms with Crippen molar-refractivity contribution in [1.29, 1.82) is 0 Å². The van der Waals surface area contributed by atoms with Crippen LogP contribution in [0.2, 0.25) is 0 Å². The molecule has 0 bridgehead atoms. The number of anilines is 1. The van der Waals surface area contributed by atoms with E-state index in [4.69, 9.17) is 9.47 Å². The third kappa shape index (κ3) is 5.59. The van der Waals surface area contributed by atoms with Crippen molar-refractivity contribution in [3.8, 4) is 0 Å². The SMILES string of the molecule is CCCCO[C@H](COC)CN1CCN(c2ccccc2)CC1. The van der Waals surface area contributed by atoms with Gasteiger partial charge in [-0.25, -0.2) is 0 Å². The van der Waals surface area contributed by atoms with Gasteiger partial charge in [-0.05, 0) is 18.6 Å². The van der Waals surface area contributed by atoms with Gasteiger partial charge in [-0.1, -0.05) is 31.5 Å². The summed E-state index contributed by atoms with van der Waals surface area (Å²) in [5, 5.41) is 0. The highest BCUT2D eigenvalue weighted by Crippen LogP contribution is 2.15. The Morgan fingerprint density at radius 2 is 1.82 bits per heavy atom. The number of ether oxygens (including phenoxy) is 2. The Morgan fingerprint density at radius 1 is 1.09 bits per heavy atom. The Bertz CT molecular complexity index is 391. The van der Waals surface area contributed by atoms with Crippen LogP contribution in [-0.4, -0.2) is 64.1 Å². The van der Waals surface area contributed by atoms with Gasteiger partial charge in [0.2, 0.25) is 0 Å². The number of methoxy groups -OCH3 is 1. The molecule has 1 atom stereocenters. The molecule has 0 spiro atoms. The molecule has 0 aliphatic carbocycles. The molecule has 1 aliphatic rings. The summed E-state index contributed by atoms with van der Waals surface area (Å²) in [5.41, 5.74) is 1.33. The zero-order valence-electron chi connectivity index (χ0n) is 14.0. The van der Waals surface area contributed by atoms with Crippen LogP contribution in [0, 0.1) is 0 Å². The highest BCUT2D eigenvalue weighted by molar-refractivity contribution is 5.46. The minimum absolute atomic E-state index is 0.194. The molecule has 0 radical (unpaired) electrons. The Morgan fingerprint density at radius 3 is 2.45 bits per heavy atom. The summed E-state index contributed by atoms with van der Waals surface area (Å²) >= 11 is 0. The van der Waals surface area contributed by atoms with Crippen LogP contribution in [0.3, 0.4) is 0 Å². The molecule has 4 nitrogen and oxygen atoms in total. The highest BCUT2D eigenvalue weighted by atomic mass is 16.5. The van der Waals surface area contributed by atoms with Crippen molar-refractivity contribution in [3.63, 3.8) is 0 Å². The first-order valence-electron chi connectivity index (χ1n) is 8.46. The molecule has 1 aromatic rings. The van der Waals surface area contributed by atoms with Crippen molar-refractivity contribution < 1.29 is 9.47 Å². The first-order chi connectivity index (χ1) is 10.8. The van der Waals surface area contributed by atoms with Gasteiger partial charge in [0.05, 0.1) is 12.7 Å². The van der Waals surface area contributed by atoms with Crippen LogP contribution in [0.1, 0.15) is 19.8 Å². The van der Waals surface area contributed by atoms with Crippen LogP contribution in [0.4, 0.5) is 5.69 Å². The summed E-state index contributed by atoms with van der Waals surface area (Å²) in [5.74, 6) is 0. The standard InChI is InChI=1S/C18H30N2O2/c1-3-4-14-22-18(16-21-2)15-19-10-12-20(13-11-19)17-8-6-5-7-9-17/h5-9,18H,3-4,10-16H2,1-2H3/t18-/m0/s1. The minimum Gasteiger partial charge on any atom is -0.382 e. The van der Waals surface area contributed by atoms with Gasteiger partial charge in [0.25, 0.3) is 0 Å². The summed E-state index contributed by atoms with van der Waals surface area (Å²) < 4.78 is 11.3. The molecule has 1 aromatic carbocycles. The lowest BCUT2D eigenvalue weighted by atomic mass is 10.2. The minimum atomic E-state index is 0.194. The Hall–Kier alpha value is -1.10. The number of benzene rings is 1. The zero-order chi connectivity index (χ0) is 15.6. The molecule has 1 saturated heterocycles. The highest BCUT2D eigenvalue weighted by Gasteiger charge is 2.20. The molecule has 0 amide bonds. The second-order valence-corrected chi connectivity index (χ2v) is 5.92. The summed E-state index contributed by atoms with van der Waals surface area (Å²) in [6.07, 6.45) is 2.50. The number of piperazine rings is 1. The number of hydrogen-bond donors (Lipinski definition) is 0. The molecular weight excluding hydrogens is 276 g/mol. The number of hydrogen-bond acceptors (Lipinski definition) is 4. The maximum atomic E-state index is 5.96. The van der Waals surface area contributed by atoms with Crippen molar-refractivity contribution in [3.05, 3.63) is 30.3 Å². The molecule has 1 aliphatic heterocycles. The number of unbranched alkanes of at least 4 members (excludes halogenated alkanes) is 1. The monoisotopic (exact) mass is 306 g/mol. The molecule has 1 heterocycles. The van der Waals surface area contributed by atoms with Gasteiger partial charge in [-0.2, -0.15) is 0 Å². The van der Waals surface area contributed by atoms with E-state index >= 15 is 0 Å². The van der Waals surface area contributed by atoms with Gasteiger partial charge in [0, 0.05) is 52.1 Å². The van der Waals surface area contributed by atoms with Gasteiger partial charge in [0.15, 0.2) is 0 Å². The van der Waals surface area contributed by atoms with Crippen molar-refractivity contribution in [1.82, 2.24) is 4.90 Å². The van der Waals surface area contributed by atoms with Gasteiger partial charge in [-0.15, -0.1) is 0 Å². The predicted octanol–water partition coefficient (Wildman–Crippen LogP) is 2.64. The summed E-state index contributed by atoms with van der Waals surface area (Å²) in [6, 6.07) is 10.7. The molecule has 2 rings (SSSR count). The lowest BCUT2D eigenvalue weighted by molar-refractivity contribution is -0.0220. The topological polar surface area (TPSA) is 24.9 Å². The Kier molecular flexibility index (Phi) is 7.71. The van der Waals surface area contributed by atoms with Gasteiger partial charge >= 0.3 is 0 Å². The molecule has 0 unspecified atom stereocenters. The summed E-state index contributed by atoms with van der Waals surface area (Å²) in [4.78, 5) is 4.95. The number of rotatable bonds is 9. The lowest BCUT2D eigenvalue weighted by Crippen LogP contribution is -2.49. The maximum Gasteiger partial charge on any atom is 0.0934 e. The van der Waals surface area contributed by atoms with Crippen molar-refractivity contribution in [2.45, 2.75) is 25.9 Å². The number of nitrogens with zero attached hydrogens (tertiary/aromatic N) is 2. The average Bonchev–Trinajstić information content (AvgIpc) is 2.57. The van der Waals surface area contributed by atoms with Crippen LogP contribution < -0.4 is 4.90 Å². The molecule has 22 heavy (non-hydrogen) atoms. The van der Waals surface area contributed by atoms with E-state index in [1.54, 1.807) is 7.11 Å².